The summed E-state index contributed by atoms with van der Waals surface area (Å²) in [5, 5.41) is 9.80. The van der Waals surface area contributed by atoms with Crippen molar-refractivity contribution >= 4 is 28.6 Å². The van der Waals surface area contributed by atoms with Crippen LogP contribution in [0.25, 0.3) is 22.3 Å². The molecule has 2 aromatic heterocycles. The van der Waals surface area contributed by atoms with E-state index in [4.69, 9.17) is 26.1 Å². The van der Waals surface area contributed by atoms with Crippen molar-refractivity contribution in [3.8, 4) is 17.1 Å². The van der Waals surface area contributed by atoms with Gasteiger partial charge in [-0.25, -0.2) is 23.5 Å². The van der Waals surface area contributed by atoms with Gasteiger partial charge in [-0.1, -0.05) is 29.8 Å². The van der Waals surface area contributed by atoms with E-state index in [1.54, 1.807) is 48.5 Å². The van der Waals surface area contributed by atoms with Gasteiger partial charge in [0.25, 0.3) is 0 Å². The minimum Gasteiger partial charge on any atom is -0.478 e. The molecule has 1 fully saturated rings. The van der Waals surface area contributed by atoms with E-state index in [1.165, 1.54) is 18.2 Å². The maximum Gasteiger partial charge on any atom is 0.335 e. The second-order valence-electron chi connectivity index (χ2n) is 10.2. The third-order valence-corrected chi connectivity index (χ3v) is 7.51. The summed E-state index contributed by atoms with van der Waals surface area (Å²) in [5.41, 5.74) is 3.24. The van der Waals surface area contributed by atoms with E-state index in [9.17, 15) is 14.3 Å². The summed E-state index contributed by atoms with van der Waals surface area (Å²) >= 11 is 5.81. The quantitative estimate of drug-likeness (QED) is 0.198. The van der Waals surface area contributed by atoms with Gasteiger partial charge in [0.1, 0.15) is 24.1 Å². The molecule has 3 heterocycles. The Balaban J connectivity index is 1.24. The van der Waals surface area contributed by atoms with Gasteiger partial charge >= 0.3 is 5.97 Å². The molecule has 5 aromatic rings. The molecule has 0 unspecified atom stereocenters. The Kier molecular flexibility index (Phi) is 7.86. The number of ether oxygens (including phenoxy) is 2. The van der Waals surface area contributed by atoms with Gasteiger partial charge in [0.05, 0.1) is 34.9 Å². The van der Waals surface area contributed by atoms with Crippen molar-refractivity contribution in [2.24, 2.45) is 0 Å². The molecule has 1 aliphatic rings. The molecule has 0 aliphatic carbocycles. The highest BCUT2D eigenvalue weighted by atomic mass is 35.5. The van der Waals surface area contributed by atoms with Crippen LogP contribution < -0.4 is 4.74 Å². The fourth-order valence-corrected chi connectivity index (χ4v) is 5.29. The highest BCUT2D eigenvalue weighted by molar-refractivity contribution is 6.30. The Bertz CT molecular complexity index is 1790. The summed E-state index contributed by atoms with van der Waals surface area (Å²) < 4.78 is 43.0. The van der Waals surface area contributed by atoms with E-state index in [0.29, 0.717) is 63.8 Å². The standard InChI is InChI=1S/C32H26ClF2N3O4/c33-22-9-7-21(25(34)16-22)18-42-31-5-1-4-27(37-31)24-10-6-19(13-26(24)35)14-30-36-28-11-8-20(32(39)40)15-29(28)38(30)17-23-3-2-12-41-23/h1,4-11,13,15-16,23H,2-3,12,14,17-18H2,(H,39,40)/t23-/m1/s1. The lowest BCUT2D eigenvalue weighted by molar-refractivity contribution is 0.0697. The first kappa shape index (κ1) is 27.8. The number of benzene rings is 3. The Morgan fingerprint density at radius 1 is 1.05 bits per heavy atom. The Hall–Kier alpha value is -4.34. The average molecular weight is 590 g/mol. The Labute approximate surface area is 245 Å². The summed E-state index contributed by atoms with van der Waals surface area (Å²) in [7, 11) is 0. The van der Waals surface area contributed by atoms with E-state index < -0.39 is 17.6 Å². The number of fused-ring (bicyclic) bond motifs is 1. The van der Waals surface area contributed by atoms with E-state index in [1.807, 2.05) is 10.6 Å². The molecule has 214 valence electrons. The van der Waals surface area contributed by atoms with E-state index in [0.717, 1.165) is 12.8 Å². The van der Waals surface area contributed by atoms with Crippen LogP contribution in [0.1, 0.15) is 40.2 Å². The van der Waals surface area contributed by atoms with Crippen molar-refractivity contribution in [2.45, 2.75) is 38.5 Å². The predicted molar refractivity (Wildman–Crippen MR) is 154 cm³/mol. The van der Waals surface area contributed by atoms with Gasteiger partial charge in [-0.05, 0) is 66.9 Å². The third kappa shape index (κ3) is 5.98. The van der Waals surface area contributed by atoms with Crippen molar-refractivity contribution in [1.82, 2.24) is 14.5 Å². The number of imidazole rings is 1. The maximum absolute atomic E-state index is 15.4. The number of aromatic nitrogens is 3. The zero-order chi connectivity index (χ0) is 29.2. The van der Waals surface area contributed by atoms with Gasteiger partial charge in [-0.3, -0.25) is 0 Å². The molecule has 10 heteroatoms. The molecule has 3 aromatic carbocycles. The number of aromatic carboxylic acids is 1. The predicted octanol–water partition coefficient (Wildman–Crippen LogP) is 7.08. The molecule has 1 aliphatic heterocycles. The number of hydrogen-bond donors (Lipinski definition) is 1. The van der Waals surface area contributed by atoms with Crippen molar-refractivity contribution in [3.63, 3.8) is 0 Å². The molecule has 0 radical (unpaired) electrons. The number of hydrogen-bond acceptors (Lipinski definition) is 5. The number of nitrogens with zero attached hydrogens (tertiary/aromatic N) is 3. The highest BCUT2D eigenvalue weighted by Crippen LogP contribution is 2.27. The van der Waals surface area contributed by atoms with Crippen LogP contribution in [-0.4, -0.2) is 38.3 Å². The third-order valence-electron chi connectivity index (χ3n) is 7.27. The zero-order valence-electron chi connectivity index (χ0n) is 22.4. The Morgan fingerprint density at radius 2 is 1.93 bits per heavy atom. The monoisotopic (exact) mass is 589 g/mol. The fourth-order valence-electron chi connectivity index (χ4n) is 5.13. The minimum absolute atomic E-state index is 0.00509. The van der Waals surface area contributed by atoms with Crippen LogP contribution in [0, 0.1) is 11.6 Å². The number of pyridine rings is 1. The SMILES string of the molecule is O=C(O)c1ccc2nc(Cc3ccc(-c4cccc(OCc5ccc(Cl)cc5F)n4)c(F)c3)n(C[C@H]3CCCO3)c2c1. The van der Waals surface area contributed by atoms with Gasteiger partial charge in [0, 0.05) is 35.2 Å². The van der Waals surface area contributed by atoms with Crippen molar-refractivity contribution < 1.29 is 28.2 Å². The molecule has 0 amide bonds. The van der Waals surface area contributed by atoms with Crippen molar-refractivity contribution in [3.05, 3.63) is 112 Å². The van der Waals surface area contributed by atoms with Crippen LogP contribution in [0.5, 0.6) is 5.88 Å². The molecule has 1 saturated heterocycles. The highest BCUT2D eigenvalue weighted by Gasteiger charge is 2.21. The Morgan fingerprint density at radius 3 is 2.69 bits per heavy atom. The smallest absolute Gasteiger partial charge is 0.335 e. The zero-order valence-corrected chi connectivity index (χ0v) is 23.2. The second-order valence-corrected chi connectivity index (χ2v) is 10.6. The largest absolute Gasteiger partial charge is 0.478 e. The molecule has 6 rings (SSSR count). The number of carbonyl (C=O) groups is 1. The number of halogens is 3. The lowest BCUT2D eigenvalue weighted by Crippen LogP contribution is -2.17. The molecule has 1 N–H and O–H groups in total. The molecule has 1 atom stereocenters. The fraction of sp³-hybridized carbons (Fsp3) is 0.219. The van der Waals surface area contributed by atoms with Gasteiger partial charge in [-0.2, -0.15) is 0 Å². The summed E-state index contributed by atoms with van der Waals surface area (Å²) in [5.74, 6) is -1.03. The van der Waals surface area contributed by atoms with Gasteiger partial charge in [0.15, 0.2) is 0 Å². The topological polar surface area (TPSA) is 86.5 Å². The van der Waals surface area contributed by atoms with Gasteiger partial charge in [0.2, 0.25) is 5.88 Å². The van der Waals surface area contributed by atoms with Crippen molar-refractivity contribution in [1.29, 1.82) is 0 Å². The lowest BCUT2D eigenvalue weighted by atomic mass is 10.1. The number of carboxylic acid groups (broad SMARTS) is 1. The second kappa shape index (κ2) is 11.9. The van der Waals surface area contributed by atoms with Crippen LogP contribution in [0.4, 0.5) is 8.78 Å². The first-order chi connectivity index (χ1) is 20.3. The first-order valence-electron chi connectivity index (χ1n) is 13.5. The van der Waals surface area contributed by atoms with Gasteiger partial charge < -0.3 is 19.1 Å². The lowest BCUT2D eigenvalue weighted by Gasteiger charge is -2.15. The number of rotatable bonds is 9. The molecule has 42 heavy (non-hydrogen) atoms. The van der Waals surface area contributed by atoms with E-state index >= 15 is 4.39 Å². The molecule has 0 saturated carbocycles. The van der Waals surface area contributed by atoms with E-state index in [2.05, 4.69) is 4.98 Å². The van der Waals surface area contributed by atoms with E-state index in [-0.39, 0.29) is 24.2 Å². The molecule has 7 nitrogen and oxygen atoms in total. The molecule has 0 spiro atoms. The summed E-state index contributed by atoms with van der Waals surface area (Å²) in [4.78, 5) is 20.8. The molecular weight excluding hydrogens is 564 g/mol. The summed E-state index contributed by atoms with van der Waals surface area (Å²) in [6.45, 7) is 1.17. The molecular formula is C32H26ClF2N3O4. The summed E-state index contributed by atoms with van der Waals surface area (Å²) in [6.07, 6.45) is 2.22. The number of carboxylic acids is 1. The first-order valence-corrected chi connectivity index (χ1v) is 13.9. The summed E-state index contributed by atoms with van der Waals surface area (Å²) in [6, 6.07) is 19.1. The molecule has 0 bridgehead atoms. The van der Waals surface area contributed by atoms with Crippen LogP contribution in [0.2, 0.25) is 5.02 Å². The van der Waals surface area contributed by atoms with Crippen LogP contribution in [-0.2, 0) is 24.3 Å². The van der Waals surface area contributed by atoms with Crippen LogP contribution in [0.15, 0.2) is 72.8 Å². The van der Waals surface area contributed by atoms with Gasteiger partial charge in [-0.15, -0.1) is 0 Å². The van der Waals surface area contributed by atoms with Crippen LogP contribution >= 0.6 is 11.6 Å². The normalized spacial score (nSPS) is 14.9. The van der Waals surface area contributed by atoms with Crippen LogP contribution in [0.3, 0.4) is 0 Å². The minimum atomic E-state index is -1.01. The van der Waals surface area contributed by atoms with Crippen molar-refractivity contribution in [2.75, 3.05) is 6.61 Å². The average Bonchev–Trinajstić information content (AvgIpc) is 3.61. The maximum atomic E-state index is 15.4.